The molecule has 0 radical (unpaired) electrons. The zero-order chi connectivity index (χ0) is 13.1. The number of terminal acetylenes is 1. The lowest BCUT2D eigenvalue weighted by molar-refractivity contribution is 0.301. The van der Waals surface area contributed by atoms with E-state index in [-0.39, 0.29) is 13.0 Å². The van der Waals surface area contributed by atoms with Gasteiger partial charge in [0.1, 0.15) is 4.90 Å². The fourth-order valence-electron chi connectivity index (χ4n) is 1.07. The molecule has 92 valence electrons. The second-order valence-corrected chi connectivity index (χ2v) is 4.57. The Morgan fingerprint density at radius 1 is 1.35 bits per heavy atom. The maximum absolute atomic E-state index is 13.3. The van der Waals surface area contributed by atoms with Gasteiger partial charge in [-0.2, -0.15) is 4.39 Å². The molecule has 0 aliphatic carbocycles. The van der Waals surface area contributed by atoms with Crippen molar-refractivity contribution in [3.8, 4) is 18.1 Å². The molecule has 0 atom stereocenters. The van der Waals surface area contributed by atoms with Gasteiger partial charge in [-0.1, -0.05) is 0 Å². The fourth-order valence-corrected chi connectivity index (χ4v) is 1.66. The molecule has 1 aromatic rings. The Morgan fingerprint density at radius 2 is 2.00 bits per heavy atom. The van der Waals surface area contributed by atoms with Crippen LogP contribution in [0.25, 0.3) is 0 Å². The van der Waals surface area contributed by atoms with Crippen LogP contribution in [0.5, 0.6) is 5.75 Å². The summed E-state index contributed by atoms with van der Waals surface area (Å²) in [4.78, 5) is -0.917. The van der Waals surface area contributed by atoms with E-state index in [0.717, 1.165) is 12.1 Å². The first-order valence-corrected chi connectivity index (χ1v) is 5.99. The highest BCUT2D eigenvalue weighted by atomic mass is 32.2. The molecule has 0 unspecified atom stereocenters. The van der Waals surface area contributed by atoms with Crippen LogP contribution in [0, 0.1) is 24.0 Å². The van der Waals surface area contributed by atoms with Crippen LogP contribution in [0.1, 0.15) is 6.42 Å². The molecule has 7 heteroatoms. The topological polar surface area (TPSA) is 69.4 Å². The predicted octanol–water partition coefficient (Wildman–Crippen LogP) is 1.01. The first kappa shape index (κ1) is 13.4. The van der Waals surface area contributed by atoms with E-state index in [4.69, 9.17) is 16.3 Å². The maximum Gasteiger partial charge on any atom is 0.241 e. The van der Waals surface area contributed by atoms with Crippen molar-refractivity contribution in [1.29, 1.82) is 0 Å². The van der Waals surface area contributed by atoms with Gasteiger partial charge >= 0.3 is 0 Å². The average Bonchev–Trinajstić information content (AvgIpc) is 2.23. The summed E-state index contributed by atoms with van der Waals surface area (Å²) in [6, 6.07) is 1.81. The SMILES string of the molecule is C#CCCOc1ccc(S(N)(=O)=O)c(F)c1F. The third-order valence-corrected chi connectivity index (χ3v) is 2.75. The smallest absolute Gasteiger partial charge is 0.241 e. The van der Waals surface area contributed by atoms with Gasteiger partial charge in [-0.3, -0.25) is 0 Å². The van der Waals surface area contributed by atoms with E-state index in [9.17, 15) is 17.2 Å². The van der Waals surface area contributed by atoms with Crippen LogP contribution in [0.3, 0.4) is 0 Å². The van der Waals surface area contributed by atoms with Gasteiger partial charge < -0.3 is 4.74 Å². The summed E-state index contributed by atoms with van der Waals surface area (Å²) in [6.45, 7) is 0.00157. The summed E-state index contributed by atoms with van der Waals surface area (Å²) < 4.78 is 53.3. The lowest BCUT2D eigenvalue weighted by Crippen LogP contribution is -2.15. The molecule has 0 saturated heterocycles. The van der Waals surface area contributed by atoms with Crippen LogP contribution < -0.4 is 9.88 Å². The van der Waals surface area contributed by atoms with Gasteiger partial charge in [0.15, 0.2) is 11.6 Å². The second kappa shape index (κ2) is 5.12. The number of sulfonamides is 1. The zero-order valence-corrected chi connectivity index (χ0v) is 9.43. The highest BCUT2D eigenvalue weighted by molar-refractivity contribution is 7.89. The van der Waals surface area contributed by atoms with Crippen LogP contribution in [0.4, 0.5) is 8.78 Å². The Hall–Kier alpha value is -1.65. The molecule has 0 saturated carbocycles. The minimum absolute atomic E-state index is 0.00157. The number of benzene rings is 1. The minimum Gasteiger partial charge on any atom is -0.489 e. The quantitative estimate of drug-likeness (QED) is 0.649. The Kier molecular flexibility index (Phi) is 4.04. The van der Waals surface area contributed by atoms with Gasteiger partial charge in [0.2, 0.25) is 15.8 Å². The van der Waals surface area contributed by atoms with Gasteiger partial charge in [-0.05, 0) is 12.1 Å². The third-order valence-electron chi connectivity index (χ3n) is 1.82. The molecule has 0 bridgehead atoms. The van der Waals surface area contributed by atoms with Crippen molar-refractivity contribution in [1.82, 2.24) is 0 Å². The van der Waals surface area contributed by atoms with Gasteiger partial charge in [-0.15, -0.1) is 12.3 Å². The fraction of sp³-hybridized carbons (Fsp3) is 0.200. The summed E-state index contributed by atoms with van der Waals surface area (Å²) in [5.41, 5.74) is 0. The van der Waals surface area contributed by atoms with Crippen molar-refractivity contribution in [3.05, 3.63) is 23.8 Å². The molecule has 1 rings (SSSR count). The standard InChI is InChI=1S/C10H9F2NO3S/c1-2-3-6-16-7-4-5-8(17(13,14)15)10(12)9(7)11/h1,4-5H,3,6H2,(H2,13,14,15). The van der Waals surface area contributed by atoms with E-state index < -0.39 is 32.3 Å². The number of nitrogens with two attached hydrogens (primary N) is 1. The molecule has 4 nitrogen and oxygen atoms in total. The lowest BCUT2D eigenvalue weighted by atomic mass is 10.3. The van der Waals surface area contributed by atoms with Gasteiger partial charge in [0, 0.05) is 6.42 Å². The summed E-state index contributed by atoms with van der Waals surface area (Å²) in [6.07, 6.45) is 5.17. The number of primary sulfonamides is 1. The largest absolute Gasteiger partial charge is 0.489 e. The van der Waals surface area contributed by atoms with E-state index in [1.807, 2.05) is 0 Å². The van der Waals surface area contributed by atoms with Crippen LogP contribution in [-0.2, 0) is 10.0 Å². The molecule has 0 aromatic heterocycles. The van der Waals surface area contributed by atoms with Crippen molar-refractivity contribution in [2.24, 2.45) is 5.14 Å². The molecule has 1 aromatic carbocycles. The van der Waals surface area contributed by atoms with E-state index >= 15 is 0 Å². The molecule has 0 fully saturated rings. The molecule has 0 aliphatic heterocycles. The van der Waals surface area contributed by atoms with Gasteiger partial charge in [0.25, 0.3) is 0 Å². The number of halogens is 2. The number of ether oxygens (including phenoxy) is 1. The van der Waals surface area contributed by atoms with Crippen molar-refractivity contribution in [3.63, 3.8) is 0 Å². The Bertz CT molecular complexity index is 564. The van der Waals surface area contributed by atoms with Gasteiger partial charge in [0.05, 0.1) is 6.61 Å². The van der Waals surface area contributed by atoms with Crippen molar-refractivity contribution < 1.29 is 21.9 Å². The number of rotatable bonds is 4. The molecular formula is C10H9F2NO3S. The lowest BCUT2D eigenvalue weighted by Gasteiger charge is -2.08. The predicted molar refractivity (Wildman–Crippen MR) is 56.7 cm³/mol. The summed E-state index contributed by atoms with van der Waals surface area (Å²) in [5, 5.41) is 4.70. The van der Waals surface area contributed by atoms with E-state index in [2.05, 4.69) is 5.92 Å². The van der Waals surface area contributed by atoms with E-state index in [1.54, 1.807) is 0 Å². The molecule has 0 spiro atoms. The molecular weight excluding hydrogens is 252 g/mol. The molecule has 2 N–H and O–H groups in total. The third kappa shape index (κ3) is 3.15. The molecule has 0 amide bonds. The highest BCUT2D eigenvalue weighted by Gasteiger charge is 2.21. The van der Waals surface area contributed by atoms with Crippen LogP contribution >= 0.6 is 0 Å². The monoisotopic (exact) mass is 261 g/mol. The summed E-state index contributed by atoms with van der Waals surface area (Å²) in [7, 11) is -4.30. The highest BCUT2D eigenvalue weighted by Crippen LogP contribution is 2.24. The van der Waals surface area contributed by atoms with Gasteiger partial charge in [-0.25, -0.2) is 17.9 Å². The Balaban J connectivity index is 3.08. The molecule has 0 heterocycles. The minimum atomic E-state index is -4.30. The van der Waals surface area contributed by atoms with E-state index in [0.29, 0.717) is 0 Å². The maximum atomic E-state index is 13.3. The van der Waals surface area contributed by atoms with Crippen molar-refractivity contribution >= 4 is 10.0 Å². The summed E-state index contributed by atoms with van der Waals surface area (Å²) >= 11 is 0. The van der Waals surface area contributed by atoms with Crippen LogP contribution in [-0.4, -0.2) is 15.0 Å². The normalized spacial score (nSPS) is 10.9. The number of hydrogen-bond donors (Lipinski definition) is 1. The van der Waals surface area contributed by atoms with Crippen molar-refractivity contribution in [2.75, 3.05) is 6.61 Å². The first-order valence-electron chi connectivity index (χ1n) is 4.45. The van der Waals surface area contributed by atoms with E-state index in [1.165, 1.54) is 0 Å². The Labute approximate surface area is 97.4 Å². The second-order valence-electron chi connectivity index (χ2n) is 3.04. The first-order chi connectivity index (χ1) is 7.88. The number of hydrogen-bond acceptors (Lipinski definition) is 3. The Morgan fingerprint density at radius 3 is 2.53 bits per heavy atom. The average molecular weight is 261 g/mol. The molecule has 17 heavy (non-hydrogen) atoms. The van der Waals surface area contributed by atoms with Crippen LogP contribution in [0.2, 0.25) is 0 Å². The molecule has 0 aliphatic rings. The zero-order valence-electron chi connectivity index (χ0n) is 8.61. The van der Waals surface area contributed by atoms with Crippen LogP contribution in [0.15, 0.2) is 17.0 Å². The summed E-state index contributed by atoms with van der Waals surface area (Å²) in [5.74, 6) is -1.13. The van der Waals surface area contributed by atoms with Crippen molar-refractivity contribution in [2.45, 2.75) is 11.3 Å².